The highest BCUT2D eigenvalue weighted by molar-refractivity contribution is 5.84. The van der Waals surface area contributed by atoms with Gasteiger partial charge < -0.3 is 4.90 Å². The average Bonchev–Trinajstić information content (AvgIpc) is 2.30. The Hall–Kier alpha value is -1.22. The van der Waals surface area contributed by atoms with Crippen molar-refractivity contribution in [2.24, 2.45) is 0 Å². The van der Waals surface area contributed by atoms with Gasteiger partial charge in [-0.2, -0.15) is 0 Å². The minimum atomic E-state index is -0.0476. The van der Waals surface area contributed by atoms with E-state index in [1.165, 1.54) is 0 Å². The van der Waals surface area contributed by atoms with E-state index in [4.69, 9.17) is 0 Å². The Morgan fingerprint density at radius 3 is 2.69 bits per heavy atom. The number of carbonyl (C=O) groups excluding carboxylic acids is 1. The van der Waals surface area contributed by atoms with Crippen molar-refractivity contribution in [3.05, 3.63) is 30.1 Å². The Labute approximate surface area is 97.5 Å². The standard InChI is InChI=1S/C13H20N2O/c1-4-13(16)11(8-10-15(2)3)12-7-5-6-9-14-12/h5-7,9,11H,4,8,10H2,1-3H3/t11-/m1/s1. The van der Waals surface area contributed by atoms with E-state index in [0.29, 0.717) is 6.42 Å². The quantitative estimate of drug-likeness (QED) is 0.736. The molecule has 88 valence electrons. The minimum absolute atomic E-state index is 0.0476. The second-order valence-electron chi connectivity index (χ2n) is 4.22. The molecule has 1 aromatic rings. The van der Waals surface area contributed by atoms with Crippen LogP contribution in [0.5, 0.6) is 0 Å². The molecule has 1 aromatic heterocycles. The molecule has 1 atom stereocenters. The first kappa shape index (κ1) is 12.8. The van der Waals surface area contributed by atoms with Crippen LogP contribution in [0.25, 0.3) is 0 Å². The summed E-state index contributed by atoms with van der Waals surface area (Å²) >= 11 is 0. The molecule has 0 aromatic carbocycles. The van der Waals surface area contributed by atoms with Crippen LogP contribution >= 0.6 is 0 Å². The van der Waals surface area contributed by atoms with Crippen molar-refractivity contribution in [2.45, 2.75) is 25.7 Å². The summed E-state index contributed by atoms with van der Waals surface area (Å²) in [6.45, 7) is 2.82. The largest absolute Gasteiger partial charge is 0.309 e. The summed E-state index contributed by atoms with van der Waals surface area (Å²) in [7, 11) is 4.04. The molecule has 0 spiro atoms. The Morgan fingerprint density at radius 1 is 1.44 bits per heavy atom. The van der Waals surface area contributed by atoms with E-state index in [-0.39, 0.29) is 11.7 Å². The summed E-state index contributed by atoms with van der Waals surface area (Å²) in [6.07, 6.45) is 3.17. The van der Waals surface area contributed by atoms with Crippen molar-refractivity contribution in [3.8, 4) is 0 Å². The predicted molar refractivity (Wildman–Crippen MR) is 65.4 cm³/mol. The van der Waals surface area contributed by atoms with Crippen LogP contribution < -0.4 is 0 Å². The van der Waals surface area contributed by atoms with E-state index in [2.05, 4.69) is 9.88 Å². The Balaban J connectivity index is 2.76. The molecule has 3 nitrogen and oxygen atoms in total. The average molecular weight is 220 g/mol. The number of ketones is 1. The normalized spacial score (nSPS) is 12.8. The van der Waals surface area contributed by atoms with Crippen LogP contribution in [0.1, 0.15) is 31.4 Å². The van der Waals surface area contributed by atoms with E-state index in [0.717, 1.165) is 18.7 Å². The fraction of sp³-hybridized carbons (Fsp3) is 0.538. The molecule has 0 amide bonds. The highest BCUT2D eigenvalue weighted by Gasteiger charge is 2.19. The molecule has 0 bridgehead atoms. The molecule has 16 heavy (non-hydrogen) atoms. The maximum absolute atomic E-state index is 11.9. The number of Topliss-reactive ketones (excluding diaryl/α,β-unsaturated/α-hetero) is 1. The first-order valence-corrected chi connectivity index (χ1v) is 5.73. The summed E-state index contributed by atoms with van der Waals surface area (Å²) < 4.78 is 0. The summed E-state index contributed by atoms with van der Waals surface area (Å²) in [4.78, 5) is 18.2. The topological polar surface area (TPSA) is 33.2 Å². The van der Waals surface area contributed by atoms with Crippen LogP contribution in [0.15, 0.2) is 24.4 Å². The van der Waals surface area contributed by atoms with Crippen LogP contribution in [0.4, 0.5) is 0 Å². The monoisotopic (exact) mass is 220 g/mol. The van der Waals surface area contributed by atoms with Crippen LogP contribution in [0.3, 0.4) is 0 Å². The van der Waals surface area contributed by atoms with Gasteiger partial charge in [0, 0.05) is 12.6 Å². The lowest BCUT2D eigenvalue weighted by Gasteiger charge is -2.17. The summed E-state index contributed by atoms with van der Waals surface area (Å²) in [5.41, 5.74) is 0.899. The summed E-state index contributed by atoms with van der Waals surface area (Å²) in [5.74, 6) is 0.231. The number of rotatable bonds is 6. The molecule has 0 radical (unpaired) electrons. The predicted octanol–water partition coefficient (Wildman–Crippen LogP) is 2.10. The zero-order valence-corrected chi connectivity index (χ0v) is 10.3. The van der Waals surface area contributed by atoms with Crippen molar-refractivity contribution < 1.29 is 4.79 Å². The van der Waals surface area contributed by atoms with E-state index in [1.807, 2.05) is 39.2 Å². The minimum Gasteiger partial charge on any atom is -0.309 e. The van der Waals surface area contributed by atoms with Gasteiger partial charge in [-0.05, 0) is 39.2 Å². The molecule has 0 aliphatic rings. The highest BCUT2D eigenvalue weighted by Crippen LogP contribution is 2.20. The summed E-state index contributed by atoms with van der Waals surface area (Å²) in [6, 6.07) is 5.75. The van der Waals surface area contributed by atoms with Gasteiger partial charge in [-0.25, -0.2) is 0 Å². The molecule has 0 aliphatic heterocycles. The number of hydrogen-bond donors (Lipinski definition) is 0. The Morgan fingerprint density at radius 2 is 2.19 bits per heavy atom. The lowest BCUT2D eigenvalue weighted by molar-refractivity contribution is -0.120. The molecule has 0 aliphatic carbocycles. The lowest BCUT2D eigenvalue weighted by atomic mass is 9.94. The SMILES string of the molecule is CCC(=O)[C@H](CCN(C)C)c1ccccn1. The number of aromatic nitrogens is 1. The van der Waals surface area contributed by atoms with Gasteiger partial charge in [0.15, 0.2) is 0 Å². The van der Waals surface area contributed by atoms with Gasteiger partial charge >= 0.3 is 0 Å². The molecular formula is C13H20N2O. The van der Waals surface area contributed by atoms with Gasteiger partial charge in [0.05, 0.1) is 11.6 Å². The van der Waals surface area contributed by atoms with Gasteiger partial charge in [0.25, 0.3) is 0 Å². The van der Waals surface area contributed by atoms with E-state index in [9.17, 15) is 4.79 Å². The van der Waals surface area contributed by atoms with Crippen molar-refractivity contribution in [1.29, 1.82) is 0 Å². The van der Waals surface area contributed by atoms with Crippen molar-refractivity contribution in [2.75, 3.05) is 20.6 Å². The zero-order chi connectivity index (χ0) is 12.0. The highest BCUT2D eigenvalue weighted by atomic mass is 16.1. The van der Waals surface area contributed by atoms with Crippen molar-refractivity contribution in [1.82, 2.24) is 9.88 Å². The van der Waals surface area contributed by atoms with Crippen LogP contribution in [0.2, 0.25) is 0 Å². The molecular weight excluding hydrogens is 200 g/mol. The first-order chi connectivity index (χ1) is 7.65. The van der Waals surface area contributed by atoms with E-state index in [1.54, 1.807) is 6.20 Å². The molecule has 0 fully saturated rings. The van der Waals surface area contributed by atoms with Gasteiger partial charge in [0.1, 0.15) is 5.78 Å². The number of pyridine rings is 1. The molecule has 0 saturated carbocycles. The fourth-order valence-corrected chi connectivity index (χ4v) is 1.69. The third-order valence-corrected chi connectivity index (χ3v) is 2.65. The molecule has 3 heteroatoms. The van der Waals surface area contributed by atoms with Crippen molar-refractivity contribution in [3.63, 3.8) is 0 Å². The van der Waals surface area contributed by atoms with E-state index >= 15 is 0 Å². The van der Waals surface area contributed by atoms with Gasteiger partial charge in [-0.15, -0.1) is 0 Å². The molecule has 0 unspecified atom stereocenters. The zero-order valence-electron chi connectivity index (χ0n) is 10.3. The van der Waals surface area contributed by atoms with Gasteiger partial charge in [-0.1, -0.05) is 13.0 Å². The Kier molecular flexibility index (Phi) is 5.12. The second-order valence-corrected chi connectivity index (χ2v) is 4.22. The van der Waals surface area contributed by atoms with E-state index < -0.39 is 0 Å². The number of carbonyl (C=O) groups is 1. The maximum Gasteiger partial charge on any atom is 0.141 e. The summed E-state index contributed by atoms with van der Waals surface area (Å²) in [5, 5.41) is 0. The van der Waals surface area contributed by atoms with Crippen LogP contribution in [-0.4, -0.2) is 36.3 Å². The van der Waals surface area contributed by atoms with Crippen LogP contribution in [0, 0.1) is 0 Å². The molecule has 0 saturated heterocycles. The first-order valence-electron chi connectivity index (χ1n) is 5.73. The Bertz CT molecular complexity index is 322. The fourth-order valence-electron chi connectivity index (χ4n) is 1.69. The smallest absolute Gasteiger partial charge is 0.141 e. The number of nitrogens with zero attached hydrogens (tertiary/aromatic N) is 2. The molecule has 1 rings (SSSR count). The third kappa shape index (κ3) is 3.74. The lowest BCUT2D eigenvalue weighted by Crippen LogP contribution is -2.20. The maximum atomic E-state index is 11.9. The molecule has 1 heterocycles. The van der Waals surface area contributed by atoms with Crippen LogP contribution in [-0.2, 0) is 4.79 Å². The second kappa shape index (κ2) is 6.38. The number of hydrogen-bond acceptors (Lipinski definition) is 3. The van der Waals surface area contributed by atoms with Gasteiger partial charge in [-0.3, -0.25) is 9.78 Å². The third-order valence-electron chi connectivity index (χ3n) is 2.65. The van der Waals surface area contributed by atoms with Crippen molar-refractivity contribution >= 4 is 5.78 Å². The molecule has 0 N–H and O–H groups in total. The van der Waals surface area contributed by atoms with Gasteiger partial charge in [0.2, 0.25) is 0 Å².